The predicted molar refractivity (Wildman–Crippen MR) is 58.9 cm³/mol. The van der Waals surface area contributed by atoms with E-state index in [9.17, 15) is 0 Å². The molecule has 0 aromatic carbocycles. The van der Waals surface area contributed by atoms with Crippen molar-refractivity contribution in [1.29, 1.82) is 0 Å². The van der Waals surface area contributed by atoms with Gasteiger partial charge < -0.3 is 10.1 Å². The third kappa shape index (κ3) is 2.38. The molecule has 1 fully saturated rings. The van der Waals surface area contributed by atoms with E-state index < -0.39 is 0 Å². The Morgan fingerprint density at radius 1 is 1.56 bits per heavy atom. The van der Waals surface area contributed by atoms with Gasteiger partial charge in [-0.05, 0) is 36.7 Å². The van der Waals surface area contributed by atoms with Crippen molar-refractivity contribution in [2.45, 2.75) is 45.4 Å². The van der Waals surface area contributed by atoms with Crippen LogP contribution in [0.2, 0.25) is 0 Å². The molecule has 1 saturated heterocycles. The average molecular weight is 225 g/mol. The Kier molecular flexibility index (Phi) is 3.84. The summed E-state index contributed by atoms with van der Waals surface area (Å²) in [5, 5.41) is 15.2. The molecule has 2 rings (SSSR count). The van der Waals surface area contributed by atoms with Crippen LogP contribution >= 0.6 is 0 Å². The molecule has 2 atom stereocenters. The normalized spacial score (nSPS) is 25.1. The molecule has 6 heteroatoms. The van der Waals surface area contributed by atoms with Crippen LogP contribution in [0, 0.1) is 0 Å². The third-order valence-corrected chi connectivity index (χ3v) is 2.92. The van der Waals surface area contributed by atoms with E-state index in [0.29, 0.717) is 0 Å². The van der Waals surface area contributed by atoms with E-state index >= 15 is 0 Å². The molecule has 1 N–H and O–H groups in total. The van der Waals surface area contributed by atoms with Gasteiger partial charge in [-0.1, -0.05) is 6.92 Å². The standard InChI is InChI=1S/C10H19N5O/c1-3-5-11-7-10-12-13-14-15(10)9-4-6-16-8(9)2/h8-9,11H,3-7H2,1-2H3. The molecular weight excluding hydrogens is 206 g/mol. The predicted octanol–water partition coefficient (Wildman–Crippen LogP) is 0.523. The lowest BCUT2D eigenvalue weighted by Crippen LogP contribution is -2.24. The molecule has 1 aromatic rings. The highest BCUT2D eigenvalue weighted by molar-refractivity contribution is 4.88. The Labute approximate surface area is 95.4 Å². The van der Waals surface area contributed by atoms with Gasteiger partial charge in [0, 0.05) is 6.61 Å². The number of aromatic nitrogens is 4. The summed E-state index contributed by atoms with van der Waals surface area (Å²) in [4.78, 5) is 0. The Bertz CT molecular complexity index is 327. The first-order chi connectivity index (χ1) is 7.83. The summed E-state index contributed by atoms with van der Waals surface area (Å²) < 4.78 is 7.44. The number of ether oxygens (including phenoxy) is 1. The monoisotopic (exact) mass is 225 g/mol. The summed E-state index contributed by atoms with van der Waals surface area (Å²) in [6, 6.07) is 0.286. The molecular formula is C10H19N5O. The molecule has 0 amide bonds. The van der Waals surface area contributed by atoms with Gasteiger partial charge in [0.25, 0.3) is 0 Å². The molecule has 2 unspecified atom stereocenters. The first-order valence-electron chi connectivity index (χ1n) is 5.92. The zero-order chi connectivity index (χ0) is 11.4. The third-order valence-electron chi connectivity index (χ3n) is 2.92. The fourth-order valence-electron chi connectivity index (χ4n) is 2.00. The number of nitrogens with zero attached hydrogens (tertiary/aromatic N) is 4. The molecule has 1 aliphatic heterocycles. The topological polar surface area (TPSA) is 64.9 Å². The average Bonchev–Trinajstić information content (AvgIpc) is 2.87. The molecule has 0 bridgehead atoms. The minimum absolute atomic E-state index is 0.202. The Hall–Kier alpha value is -1.01. The van der Waals surface area contributed by atoms with Crippen molar-refractivity contribution in [2.24, 2.45) is 0 Å². The number of tetrazole rings is 1. The Morgan fingerprint density at radius 3 is 3.12 bits per heavy atom. The quantitative estimate of drug-likeness (QED) is 0.740. The maximum Gasteiger partial charge on any atom is 0.165 e. The fraction of sp³-hybridized carbons (Fsp3) is 0.900. The highest BCUT2D eigenvalue weighted by Crippen LogP contribution is 2.25. The molecule has 1 aliphatic rings. The number of rotatable bonds is 5. The highest BCUT2D eigenvalue weighted by Gasteiger charge is 2.28. The van der Waals surface area contributed by atoms with Gasteiger partial charge in [0.05, 0.1) is 18.7 Å². The molecule has 16 heavy (non-hydrogen) atoms. The number of nitrogens with one attached hydrogen (secondary N) is 1. The van der Waals surface area contributed by atoms with Crippen molar-refractivity contribution in [2.75, 3.05) is 13.2 Å². The van der Waals surface area contributed by atoms with E-state index in [1.54, 1.807) is 0 Å². The summed E-state index contributed by atoms with van der Waals surface area (Å²) in [6.45, 7) is 6.73. The number of hydrogen-bond donors (Lipinski definition) is 1. The lowest BCUT2D eigenvalue weighted by atomic mass is 10.1. The first kappa shape index (κ1) is 11.5. The second-order valence-electron chi connectivity index (χ2n) is 4.15. The van der Waals surface area contributed by atoms with Gasteiger partial charge >= 0.3 is 0 Å². The van der Waals surface area contributed by atoms with Crippen LogP contribution in [0.25, 0.3) is 0 Å². The van der Waals surface area contributed by atoms with Crippen LogP contribution < -0.4 is 5.32 Å². The molecule has 0 spiro atoms. The maximum atomic E-state index is 5.53. The van der Waals surface area contributed by atoms with Crippen molar-refractivity contribution in [3.63, 3.8) is 0 Å². The van der Waals surface area contributed by atoms with E-state index in [0.717, 1.165) is 38.4 Å². The van der Waals surface area contributed by atoms with Gasteiger partial charge in [0.15, 0.2) is 5.82 Å². The molecule has 6 nitrogen and oxygen atoms in total. The second-order valence-corrected chi connectivity index (χ2v) is 4.15. The van der Waals surface area contributed by atoms with Crippen molar-refractivity contribution in [3.8, 4) is 0 Å². The van der Waals surface area contributed by atoms with Gasteiger partial charge in [-0.15, -0.1) is 5.10 Å². The van der Waals surface area contributed by atoms with Gasteiger partial charge in [0.1, 0.15) is 0 Å². The van der Waals surface area contributed by atoms with Crippen LogP contribution in [0.1, 0.15) is 38.6 Å². The van der Waals surface area contributed by atoms with Gasteiger partial charge in [0.2, 0.25) is 0 Å². The van der Waals surface area contributed by atoms with Crippen LogP contribution in [0.5, 0.6) is 0 Å². The largest absolute Gasteiger partial charge is 0.376 e. The van der Waals surface area contributed by atoms with Gasteiger partial charge in [-0.3, -0.25) is 0 Å². The van der Waals surface area contributed by atoms with Crippen LogP contribution in [0.3, 0.4) is 0 Å². The lowest BCUT2D eigenvalue weighted by molar-refractivity contribution is 0.104. The van der Waals surface area contributed by atoms with Crippen molar-refractivity contribution < 1.29 is 4.74 Å². The van der Waals surface area contributed by atoms with E-state index in [2.05, 4.69) is 34.7 Å². The smallest absolute Gasteiger partial charge is 0.165 e. The highest BCUT2D eigenvalue weighted by atomic mass is 16.5. The lowest BCUT2D eigenvalue weighted by Gasteiger charge is -2.15. The van der Waals surface area contributed by atoms with E-state index in [1.807, 2.05) is 4.68 Å². The second kappa shape index (κ2) is 5.36. The molecule has 0 saturated carbocycles. The molecule has 0 aliphatic carbocycles. The summed E-state index contributed by atoms with van der Waals surface area (Å²) >= 11 is 0. The zero-order valence-electron chi connectivity index (χ0n) is 9.89. The summed E-state index contributed by atoms with van der Waals surface area (Å²) in [5.74, 6) is 0.899. The zero-order valence-corrected chi connectivity index (χ0v) is 9.89. The van der Waals surface area contributed by atoms with Crippen LogP contribution in [0.15, 0.2) is 0 Å². The van der Waals surface area contributed by atoms with E-state index in [1.165, 1.54) is 0 Å². The molecule has 2 heterocycles. The minimum atomic E-state index is 0.202. The molecule has 0 radical (unpaired) electrons. The van der Waals surface area contributed by atoms with E-state index in [4.69, 9.17) is 4.74 Å². The van der Waals surface area contributed by atoms with Crippen molar-refractivity contribution in [1.82, 2.24) is 25.5 Å². The van der Waals surface area contributed by atoms with Crippen molar-refractivity contribution >= 4 is 0 Å². The van der Waals surface area contributed by atoms with E-state index in [-0.39, 0.29) is 12.1 Å². The fourth-order valence-corrected chi connectivity index (χ4v) is 2.00. The van der Waals surface area contributed by atoms with Gasteiger partial charge in [-0.2, -0.15) is 0 Å². The van der Waals surface area contributed by atoms with Crippen LogP contribution in [-0.4, -0.2) is 39.5 Å². The SMILES string of the molecule is CCCNCc1nnnn1C1CCOC1C. The molecule has 90 valence electrons. The minimum Gasteiger partial charge on any atom is -0.376 e. The summed E-state index contributed by atoms with van der Waals surface area (Å²) in [5.41, 5.74) is 0. The number of hydrogen-bond acceptors (Lipinski definition) is 5. The first-order valence-corrected chi connectivity index (χ1v) is 5.92. The Morgan fingerprint density at radius 2 is 2.44 bits per heavy atom. The van der Waals surface area contributed by atoms with Crippen molar-refractivity contribution in [3.05, 3.63) is 5.82 Å². The molecule has 1 aromatic heterocycles. The Balaban J connectivity index is 2.00. The van der Waals surface area contributed by atoms with Crippen LogP contribution in [0.4, 0.5) is 0 Å². The van der Waals surface area contributed by atoms with Gasteiger partial charge in [-0.25, -0.2) is 4.68 Å². The summed E-state index contributed by atoms with van der Waals surface area (Å²) in [7, 11) is 0. The summed E-state index contributed by atoms with van der Waals surface area (Å²) in [6.07, 6.45) is 2.31. The van der Waals surface area contributed by atoms with Crippen LogP contribution in [-0.2, 0) is 11.3 Å². The maximum absolute atomic E-state index is 5.53.